The maximum Gasteiger partial charge on any atom is 0.259 e. The standard InChI is InChI=1S/C26H27N5O2/c1-15-12-16(2)23(17(3)13-15)27-25(32)22-14-31(29-18(22)4)21-10-8-19(9-11-21)24-28-26(33-30-24)20-6-5-7-20/h8-14,20H,5-7H2,1-4H3,(H,27,32). The molecule has 1 saturated carbocycles. The summed E-state index contributed by atoms with van der Waals surface area (Å²) < 4.78 is 7.15. The molecule has 1 fully saturated rings. The highest BCUT2D eigenvalue weighted by molar-refractivity contribution is 6.05. The number of aromatic nitrogens is 4. The van der Waals surface area contributed by atoms with Crippen LogP contribution in [0.4, 0.5) is 5.69 Å². The SMILES string of the molecule is Cc1cc(C)c(NC(=O)c2cn(-c3ccc(-c4noc(C5CCC5)n4)cc3)nc2C)c(C)c1. The maximum atomic E-state index is 13.0. The Kier molecular flexibility index (Phi) is 5.32. The second kappa shape index (κ2) is 8.31. The fraction of sp³-hybridized carbons (Fsp3) is 0.308. The van der Waals surface area contributed by atoms with E-state index in [9.17, 15) is 4.79 Å². The lowest BCUT2D eigenvalue weighted by atomic mass is 9.85. The molecule has 33 heavy (non-hydrogen) atoms. The molecule has 0 unspecified atom stereocenters. The van der Waals surface area contributed by atoms with Gasteiger partial charge in [0.05, 0.1) is 16.9 Å². The third kappa shape index (κ3) is 4.06. The molecule has 0 atom stereocenters. The van der Waals surface area contributed by atoms with E-state index in [1.54, 1.807) is 10.9 Å². The largest absolute Gasteiger partial charge is 0.339 e. The topological polar surface area (TPSA) is 85.8 Å². The zero-order valence-corrected chi connectivity index (χ0v) is 19.3. The number of carbonyl (C=O) groups excluding carboxylic acids is 1. The molecular formula is C26H27N5O2. The summed E-state index contributed by atoms with van der Waals surface area (Å²) in [6.07, 6.45) is 5.24. The Balaban J connectivity index is 1.35. The Morgan fingerprint density at radius 1 is 1.06 bits per heavy atom. The Labute approximate surface area is 192 Å². The van der Waals surface area contributed by atoms with Gasteiger partial charge in [0, 0.05) is 23.4 Å². The molecule has 1 aliphatic carbocycles. The van der Waals surface area contributed by atoms with Gasteiger partial charge in [0.2, 0.25) is 11.7 Å². The number of aryl methyl sites for hydroxylation is 4. The molecule has 0 aliphatic heterocycles. The summed E-state index contributed by atoms with van der Waals surface area (Å²) in [6.45, 7) is 7.91. The monoisotopic (exact) mass is 441 g/mol. The summed E-state index contributed by atoms with van der Waals surface area (Å²) in [7, 11) is 0. The Morgan fingerprint density at radius 3 is 2.39 bits per heavy atom. The molecule has 1 aliphatic rings. The Bertz CT molecular complexity index is 1310. The van der Waals surface area contributed by atoms with E-state index in [1.165, 1.54) is 12.0 Å². The lowest BCUT2D eigenvalue weighted by Gasteiger charge is -2.20. The van der Waals surface area contributed by atoms with Gasteiger partial charge in [-0.1, -0.05) is 29.3 Å². The van der Waals surface area contributed by atoms with Crippen molar-refractivity contribution in [1.29, 1.82) is 0 Å². The van der Waals surface area contributed by atoms with Gasteiger partial charge < -0.3 is 9.84 Å². The van der Waals surface area contributed by atoms with Gasteiger partial charge >= 0.3 is 0 Å². The molecule has 2 aromatic carbocycles. The van der Waals surface area contributed by atoms with Gasteiger partial charge in [-0.15, -0.1) is 0 Å². The van der Waals surface area contributed by atoms with Crippen LogP contribution in [0.3, 0.4) is 0 Å². The zero-order chi connectivity index (χ0) is 23.1. The van der Waals surface area contributed by atoms with Crippen LogP contribution in [0.25, 0.3) is 17.1 Å². The van der Waals surface area contributed by atoms with Crippen molar-refractivity contribution in [2.75, 3.05) is 5.32 Å². The van der Waals surface area contributed by atoms with Crippen molar-refractivity contribution in [3.63, 3.8) is 0 Å². The first-order valence-electron chi connectivity index (χ1n) is 11.3. The zero-order valence-electron chi connectivity index (χ0n) is 19.3. The lowest BCUT2D eigenvalue weighted by molar-refractivity contribution is 0.102. The lowest BCUT2D eigenvalue weighted by Crippen LogP contribution is -2.14. The smallest absolute Gasteiger partial charge is 0.259 e. The van der Waals surface area contributed by atoms with Gasteiger partial charge in [-0.2, -0.15) is 10.1 Å². The highest BCUT2D eigenvalue weighted by Gasteiger charge is 2.25. The first-order chi connectivity index (χ1) is 15.9. The van der Waals surface area contributed by atoms with E-state index in [-0.39, 0.29) is 5.91 Å². The molecule has 0 radical (unpaired) electrons. The van der Waals surface area contributed by atoms with Gasteiger partial charge in [-0.3, -0.25) is 4.79 Å². The molecule has 4 aromatic rings. The van der Waals surface area contributed by atoms with Crippen LogP contribution in [0.2, 0.25) is 0 Å². The van der Waals surface area contributed by atoms with Crippen LogP contribution in [0.5, 0.6) is 0 Å². The van der Waals surface area contributed by atoms with Crippen molar-refractivity contribution in [3.8, 4) is 17.1 Å². The van der Waals surface area contributed by atoms with E-state index in [0.717, 1.165) is 46.8 Å². The first kappa shape index (κ1) is 21.1. The second-order valence-electron chi connectivity index (χ2n) is 8.93. The van der Waals surface area contributed by atoms with Gasteiger partial charge in [0.15, 0.2) is 0 Å². The summed E-state index contributed by atoms with van der Waals surface area (Å²) in [5.74, 6) is 1.58. The number of nitrogens with zero attached hydrogens (tertiary/aromatic N) is 4. The minimum absolute atomic E-state index is 0.166. The van der Waals surface area contributed by atoms with Gasteiger partial charge in [-0.05, 0) is 75.9 Å². The predicted octanol–water partition coefficient (Wildman–Crippen LogP) is 5.68. The summed E-state index contributed by atoms with van der Waals surface area (Å²) >= 11 is 0. The molecule has 0 bridgehead atoms. The number of nitrogens with one attached hydrogen (secondary N) is 1. The summed E-state index contributed by atoms with van der Waals surface area (Å²) in [6, 6.07) is 11.9. The third-order valence-electron chi connectivity index (χ3n) is 6.35. The molecule has 1 amide bonds. The predicted molar refractivity (Wildman–Crippen MR) is 127 cm³/mol. The van der Waals surface area contributed by atoms with Crippen LogP contribution in [0, 0.1) is 27.7 Å². The highest BCUT2D eigenvalue weighted by Crippen LogP contribution is 2.36. The molecular weight excluding hydrogens is 414 g/mol. The van der Waals surface area contributed by atoms with Gasteiger partial charge in [0.25, 0.3) is 5.91 Å². The van der Waals surface area contributed by atoms with E-state index in [0.29, 0.717) is 23.0 Å². The van der Waals surface area contributed by atoms with Crippen LogP contribution in [-0.2, 0) is 0 Å². The van der Waals surface area contributed by atoms with Crippen LogP contribution < -0.4 is 5.32 Å². The molecule has 168 valence electrons. The highest BCUT2D eigenvalue weighted by atomic mass is 16.5. The third-order valence-corrected chi connectivity index (χ3v) is 6.35. The van der Waals surface area contributed by atoms with Gasteiger partial charge in [-0.25, -0.2) is 4.68 Å². The van der Waals surface area contributed by atoms with Crippen molar-refractivity contribution in [1.82, 2.24) is 19.9 Å². The number of rotatable bonds is 5. The normalized spacial score (nSPS) is 13.7. The van der Waals surface area contributed by atoms with E-state index in [2.05, 4.69) is 39.6 Å². The Hall–Kier alpha value is -3.74. The number of hydrogen-bond donors (Lipinski definition) is 1. The van der Waals surface area contributed by atoms with Crippen LogP contribution in [0.1, 0.15) is 63.8 Å². The van der Waals surface area contributed by atoms with Crippen LogP contribution in [-0.4, -0.2) is 25.8 Å². The van der Waals surface area contributed by atoms with Crippen molar-refractivity contribution in [2.24, 2.45) is 0 Å². The van der Waals surface area contributed by atoms with Gasteiger partial charge in [0.1, 0.15) is 0 Å². The molecule has 2 heterocycles. The molecule has 5 rings (SSSR count). The minimum atomic E-state index is -0.166. The maximum absolute atomic E-state index is 13.0. The van der Waals surface area contributed by atoms with Crippen LogP contribution >= 0.6 is 0 Å². The van der Waals surface area contributed by atoms with Crippen LogP contribution in [0.15, 0.2) is 47.1 Å². The molecule has 0 saturated heterocycles. The van der Waals surface area contributed by atoms with Crippen molar-refractivity contribution >= 4 is 11.6 Å². The average molecular weight is 442 g/mol. The van der Waals surface area contributed by atoms with Crippen molar-refractivity contribution < 1.29 is 9.32 Å². The number of anilines is 1. The van der Waals surface area contributed by atoms with Crippen molar-refractivity contribution in [2.45, 2.75) is 52.9 Å². The van der Waals surface area contributed by atoms with Crippen molar-refractivity contribution in [3.05, 3.63) is 76.4 Å². The molecule has 7 nitrogen and oxygen atoms in total. The average Bonchev–Trinajstić information content (AvgIpc) is 3.36. The Morgan fingerprint density at radius 2 is 1.76 bits per heavy atom. The summed E-state index contributed by atoms with van der Waals surface area (Å²) in [5.41, 5.74) is 7.07. The molecule has 2 aromatic heterocycles. The quantitative estimate of drug-likeness (QED) is 0.431. The molecule has 1 N–H and O–H groups in total. The summed E-state index contributed by atoms with van der Waals surface area (Å²) in [5, 5.41) is 11.7. The van der Waals surface area contributed by atoms with E-state index in [1.807, 2.05) is 45.0 Å². The molecule has 7 heteroatoms. The summed E-state index contributed by atoms with van der Waals surface area (Å²) in [4.78, 5) is 17.6. The number of carbonyl (C=O) groups is 1. The van der Waals surface area contributed by atoms with E-state index >= 15 is 0 Å². The fourth-order valence-corrected chi connectivity index (χ4v) is 4.31. The molecule has 0 spiro atoms. The van der Waals surface area contributed by atoms with E-state index in [4.69, 9.17) is 4.52 Å². The first-order valence-corrected chi connectivity index (χ1v) is 11.3. The number of benzene rings is 2. The van der Waals surface area contributed by atoms with E-state index < -0.39 is 0 Å². The number of hydrogen-bond acceptors (Lipinski definition) is 5. The number of amides is 1. The fourth-order valence-electron chi connectivity index (χ4n) is 4.31. The minimum Gasteiger partial charge on any atom is -0.339 e. The second-order valence-corrected chi connectivity index (χ2v) is 8.93.